The quantitative estimate of drug-likeness (QED) is 0.768. The van der Waals surface area contributed by atoms with Crippen LogP contribution in [-0.2, 0) is 4.79 Å². The van der Waals surface area contributed by atoms with Gasteiger partial charge in [-0.05, 0) is 18.6 Å². The Hall–Kier alpha value is -2.18. The van der Waals surface area contributed by atoms with Crippen LogP contribution in [0.15, 0.2) is 18.2 Å². The number of benzene rings is 1. The summed E-state index contributed by atoms with van der Waals surface area (Å²) in [7, 11) is 0. The fraction of sp³-hybridized carbons (Fsp3) is 0.333. The number of carboxylic acids is 1. The minimum atomic E-state index is -1.04. The molecule has 0 bridgehead atoms. The van der Waals surface area contributed by atoms with Gasteiger partial charge in [0.25, 0.3) is 0 Å². The molecule has 0 spiro atoms. The van der Waals surface area contributed by atoms with E-state index in [0.717, 1.165) is 12.1 Å². The second-order valence-electron chi connectivity index (χ2n) is 3.88. The molecule has 0 aliphatic heterocycles. The monoisotopic (exact) mass is 272 g/mol. The Morgan fingerprint density at radius 2 is 1.89 bits per heavy atom. The third kappa shape index (κ3) is 4.20. The smallest absolute Gasteiger partial charge is 0.319 e. The minimum absolute atomic E-state index is 0.117. The van der Waals surface area contributed by atoms with Crippen molar-refractivity contribution in [2.24, 2.45) is 5.92 Å². The van der Waals surface area contributed by atoms with Crippen molar-refractivity contribution >= 4 is 17.7 Å². The van der Waals surface area contributed by atoms with Crippen molar-refractivity contribution in [3.63, 3.8) is 0 Å². The average molecular weight is 272 g/mol. The molecule has 1 unspecified atom stereocenters. The number of carbonyl (C=O) groups is 2. The van der Waals surface area contributed by atoms with Crippen LogP contribution < -0.4 is 10.6 Å². The molecular formula is C12H14F2N2O3. The first-order valence-electron chi connectivity index (χ1n) is 5.67. The molecule has 0 fully saturated rings. The summed E-state index contributed by atoms with van der Waals surface area (Å²) in [5.74, 6) is -3.59. The van der Waals surface area contributed by atoms with E-state index < -0.39 is 35.2 Å². The van der Waals surface area contributed by atoms with Crippen LogP contribution in [-0.4, -0.2) is 23.7 Å². The fourth-order valence-corrected chi connectivity index (χ4v) is 1.40. The first kappa shape index (κ1) is 14.9. The van der Waals surface area contributed by atoms with E-state index in [2.05, 4.69) is 5.32 Å². The highest BCUT2D eigenvalue weighted by atomic mass is 19.1. The van der Waals surface area contributed by atoms with Gasteiger partial charge in [0.2, 0.25) is 0 Å². The largest absolute Gasteiger partial charge is 0.481 e. The number of anilines is 1. The molecule has 19 heavy (non-hydrogen) atoms. The Morgan fingerprint density at radius 3 is 2.37 bits per heavy atom. The Balaban J connectivity index is 2.59. The molecule has 1 rings (SSSR count). The van der Waals surface area contributed by atoms with Gasteiger partial charge in [-0.1, -0.05) is 13.0 Å². The van der Waals surface area contributed by atoms with Crippen molar-refractivity contribution in [3.8, 4) is 0 Å². The van der Waals surface area contributed by atoms with Crippen LogP contribution in [0, 0.1) is 17.6 Å². The van der Waals surface area contributed by atoms with Gasteiger partial charge in [0, 0.05) is 6.54 Å². The summed E-state index contributed by atoms with van der Waals surface area (Å²) >= 11 is 0. The van der Waals surface area contributed by atoms with Gasteiger partial charge >= 0.3 is 12.0 Å². The highest BCUT2D eigenvalue weighted by molar-refractivity contribution is 5.89. The van der Waals surface area contributed by atoms with E-state index in [4.69, 9.17) is 5.11 Å². The molecule has 1 aromatic carbocycles. The van der Waals surface area contributed by atoms with E-state index in [1.54, 1.807) is 6.92 Å². The number of carboxylic acid groups (broad SMARTS) is 1. The van der Waals surface area contributed by atoms with Gasteiger partial charge in [0.05, 0.1) is 5.92 Å². The van der Waals surface area contributed by atoms with Crippen molar-refractivity contribution in [3.05, 3.63) is 29.8 Å². The molecule has 5 nitrogen and oxygen atoms in total. The molecule has 3 N–H and O–H groups in total. The normalized spacial score (nSPS) is 11.7. The molecule has 0 saturated carbocycles. The molecular weight excluding hydrogens is 258 g/mol. The third-order valence-electron chi connectivity index (χ3n) is 2.55. The Morgan fingerprint density at radius 1 is 1.32 bits per heavy atom. The van der Waals surface area contributed by atoms with E-state index in [9.17, 15) is 18.4 Å². The number of nitrogens with one attached hydrogen (secondary N) is 2. The molecule has 0 radical (unpaired) electrons. The van der Waals surface area contributed by atoms with Crippen molar-refractivity contribution in [2.45, 2.75) is 13.3 Å². The summed E-state index contributed by atoms with van der Waals surface area (Å²) < 4.78 is 26.5. The number of urea groups is 1. The van der Waals surface area contributed by atoms with Crippen LogP contribution >= 0.6 is 0 Å². The predicted octanol–water partition coefficient (Wildman–Crippen LogP) is 2.20. The van der Waals surface area contributed by atoms with Gasteiger partial charge in [-0.25, -0.2) is 13.6 Å². The van der Waals surface area contributed by atoms with Crippen molar-refractivity contribution < 1.29 is 23.5 Å². The van der Waals surface area contributed by atoms with Crippen LogP contribution in [0.5, 0.6) is 0 Å². The zero-order chi connectivity index (χ0) is 14.4. The Bertz CT molecular complexity index is 460. The molecule has 0 saturated heterocycles. The zero-order valence-electron chi connectivity index (χ0n) is 10.2. The second-order valence-corrected chi connectivity index (χ2v) is 3.88. The minimum Gasteiger partial charge on any atom is -0.481 e. The number of para-hydroxylation sites is 1. The molecule has 0 aliphatic carbocycles. The molecule has 104 valence electrons. The van der Waals surface area contributed by atoms with E-state index in [0.29, 0.717) is 6.42 Å². The fourth-order valence-electron chi connectivity index (χ4n) is 1.40. The molecule has 1 atom stereocenters. The standard InChI is InChI=1S/C12H14F2N2O3/c1-2-7(11(17)18)6-15-12(19)16-10-8(13)4-3-5-9(10)14/h3-5,7H,2,6H2,1H3,(H,17,18)(H2,15,16,19). The lowest BCUT2D eigenvalue weighted by molar-refractivity contribution is -0.141. The lowest BCUT2D eigenvalue weighted by Gasteiger charge is -2.12. The van der Waals surface area contributed by atoms with Crippen LogP contribution in [0.4, 0.5) is 19.3 Å². The van der Waals surface area contributed by atoms with E-state index in [1.807, 2.05) is 5.32 Å². The maximum Gasteiger partial charge on any atom is 0.319 e. The van der Waals surface area contributed by atoms with Gasteiger partial charge in [0.1, 0.15) is 17.3 Å². The lowest BCUT2D eigenvalue weighted by Crippen LogP contribution is -2.35. The van der Waals surface area contributed by atoms with Crippen molar-refractivity contribution in [2.75, 3.05) is 11.9 Å². The SMILES string of the molecule is CCC(CNC(=O)Nc1c(F)cccc1F)C(=O)O. The molecule has 0 heterocycles. The van der Waals surface area contributed by atoms with Crippen LogP contribution in [0.2, 0.25) is 0 Å². The summed E-state index contributed by atoms with van der Waals surface area (Å²) in [5, 5.41) is 13.0. The van der Waals surface area contributed by atoms with Crippen molar-refractivity contribution in [1.29, 1.82) is 0 Å². The maximum atomic E-state index is 13.2. The number of carbonyl (C=O) groups excluding carboxylic acids is 1. The van der Waals surface area contributed by atoms with Gasteiger partial charge in [-0.15, -0.1) is 0 Å². The van der Waals surface area contributed by atoms with Crippen LogP contribution in [0.1, 0.15) is 13.3 Å². The number of amides is 2. The topological polar surface area (TPSA) is 78.4 Å². The Labute approximate surface area is 108 Å². The second kappa shape index (κ2) is 6.67. The maximum absolute atomic E-state index is 13.2. The average Bonchev–Trinajstić information content (AvgIpc) is 2.34. The lowest BCUT2D eigenvalue weighted by atomic mass is 10.1. The zero-order valence-corrected chi connectivity index (χ0v) is 10.2. The first-order chi connectivity index (χ1) is 8.95. The first-order valence-corrected chi connectivity index (χ1v) is 5.67. The highest BCUT2D eigenvalue weighted by Crippen LogP contribution is 2.17. The third-order valence-corrected chi connectivity index (χ3v) is 2.55. The van der Waals surface area contributed by atoms with Crippen LogP contribution in [0.3, 0.4) is 0 Å². The van der Waals surface area contributed by atoms with Crippen molar-refractivity contribution in [1.82, 2.24) is 5.32 Å². The summed E-state index contributed by atoms with van der Waals surface area (Å²) in [6.07, 6.45) is 0.337. The van der Waals surface area contributed by atoms with Gasteiger partial charge in [-0.2, -0.15) is 0 Å². The number of rotatable bonds is 5. The summed E-state index contributed by atoms with van der Waals surface area (Å²) in [6, 6.07) is 2.32. The summed E-state index contributed by atoms with van der Waals surface area (Å²) in [5.41, 5.74) is -0.566. The molecule has 1 aromatic rings. The number of hydrogen-bond acceptors (Lipinski definition) is 2. The van der Waals surface area contributed by atoms with Gasteiger partial charge in [0.15, 0.2) is 0 Å². The van der Waals surface area contributed by atoms with E-state index >= 15 is 0 Å². The molecule has 0 aromatic heterocycles. The molecule has 7 heteroatoms. The number of halogens is 2. The van der Waals surface area contributed by atoms with Crippen LogP contribution in [0.25, 0.3) is 0 Å². The van der Waals surface area contributed by atoms with E-state index in [-0.39, 0.29) is 6.54 Å². The predicted molar refractivity (Wildman–Crippen MR) is 64.8 cm³/mol. The van der Waals surface area contributed by atoms with E-state index in [1.165, 1.54) is 6.07 Å². The highest BCUT2D eigenvalue weighted by Gasteiger charge is 2.17. The van der Waals surface area contributed by atoms with Gasteiger partial charge < -0.3 is 15.7 Å². The summed E-state index contributed by atoms with van der Waals surface area (Å²) in [4.78, 5) is 22.1. The molecule has 2 amide bonds. The molecule has 0 aliphatic rings. The Kier molecular flexibility index (Phi) is 5.23. The number of aliphatic carboxylic acids is 1. The summed E-state index contributed by atoms with van der Waals surface area (Å²) in [6.45, 7) is 1.54. The number of hydrogen-bond donors (Lipinski definition) is 3. The van der Waals surface area contributed by atoms with Gasteiger partial charge in [-0.3, -0.25) is 4.79 Å².